The van der Waals surface area contributed by atoms with Gasteiger partial charge in [0.05, 0.1) is 6.42 Å². The maximum Gasteiger partial charge on any atom is 0.420 e. The lowest BCUT2D eigenvalue weighted by Crippen LogP contribution is -2.39. The first kappa shape index (κ1) is 13.4. The molecule has 0 saturated carbocycles. The predicted octanol–water partition coefficient (Wildman–Crippen LogP) is 3.11. The molecule has 0 radical (unpaired) electrons. The zero-order valence-electron chi connectivity index (χ0n) is 6.29. The van der Waals surface area contributed by atoms with Crippen molar-refractivity contribution in [1.82, 2.24) is 0 Å². The second-order valence-corrected chi connectivity index (χ2v) is 2.20. The number of alkyl halides is 8. The van der Waals surface area contributed by atoms with E-state index in [4.69, 9.17) is 0 Å². The van der Waals surface area contributed by atoms with Gasteiger partial charge in [-0.25, -0.2) is 17.6 Å². The molecule has 0 fully saturated rings. The van der Waals surface area contributed by atoms with Crippen LogP contribution in [0.15, 0.2) is 0 Å². The van der Waals surface area contributed by atoms with E-state index in [9.17, 15) is 35.1 Å². The highest BCUT2D eigenvalue weighted by atomic mass is 19.3. The van der Waals surface area contributed by atoms with Crippen LogP contribution in [0, 0.1) is 0 Å². The third-order valence-corrected chi connectivity index (χ3v) is 0.931. The van der Waals surface area contributed by atoms with Crippen molar-refractivity contribution in [1.29, 1.82) is 0 Å². The molecule has 0 aromatic rings. The van der Waals surface area contributed by atoms with Gasteiger partial charge in [0.15, 0.2) is 0 Å². The lowest BCUT2D eigenvalue weighted by molar-refractivity contribution is -0.409. The summed E-state index contributed by atoms with van der Waals surface area (Å²) in [6.45, 7) is 0. The van der Waals surface area contributed by atoms with Gasteiger partial charge in [0.2, 0.25) is 6.43 Å². The lowest BCUT2D eigenvalue weighted by atomic mass is 10.4. The van der Waals surface area contributed by atoms with E-state index in [-0.39, 0.29) is 0 Å². The molecule has 0 aromatic heterocycles. The van der Waals surface area contributed by atoms with Crippen LogP contribution in [0.1, 0.15) is 6.42 Å². The number of ether oxygens (including phenoxy) is 1. The molecule has 0 aliphatic rings. The molecule has 0 saturated heterocycles. The monoisotopic (exact) mass is 232 g/mol. The predicted molar refractivity (Wildman–Crippen MR) is 27.6 cm³/mol. The fraction of sp³-hybridized carbons (Fsp3) is 1.00. The Kier molecular flexibility index (Phi) is 4.10. The van der Waals surface area contributed by atoms with Crippen LogP contribution in [-0.4, -0.2) is 25.1 Å². The molecule has 1 nitrogen and oxygen atoms in total. The maximum atomic E-state index is 12.0. The Morgan fingerprint density at radius 1 is 0.929 bits per heavy atom. The first-order valence-corrected chi connectivity index (χ1v) is 3.09. The average Bonchev–Trinajstić information content (AvgIpc) is 1.79. The fourth-order valence-electron chi connectivity index (χ4n) is 0.465. The zero-order chi connectivity index (χ0) is 11.6. The van der Waals surface area contributed by atoms with Gasteiger partial charge in [-0.1, -0.05) is 0 Å². The smallest absolute Gasteiger partial charge is 0.250 e. The van der Waals surface area contributed by atoms with Gasteiger partial charge in [-0.2, -0.15) is 17.6 Å². The molecule has 0 spiro atoms. The molecular weight excluding hydrogens is 228 g/mol. The van der Waals surface area contributed by atoms with Crippen molar-refractivity contribution in [2.45, 2.75) is 31.5 Å². The molecule has 0 N–H and O–H groups in total. The first-order chi connectivity index (χ1) is 6.07. The summed E-state index contributed by atoms with van der Waals surface area (Å²) in [7, 11) is 0. The lowest BCUT2D eigenvalue weighted by Gasteiger charge is -2.22. The quantitative estimate of drug-likeness (QED) is 0.661. The van der Waals surface area contributed by atoms with Crippen LogP contribution in [0.4, 0.5) is 35.1 Å². The molecule has 86 valence electrons. The van der Waals surface area contributed by atoms with Crippen molar-refractivity contribution in [3.63, 3.8) is 0 Å². The summed E-state index contributed by atoms with van der Waals surface area (Å²) in [5.74, 6) is 0. The van der Waals surface area contributed by atoms with Crippen molar-refractivity contribution in [2.24, 2.45) is 0 Å². The Morgan fingerprint density at radius 3 is 1.64 bits per heavy atom. The number of rotatable bonds is 5. The molecule has 0 rings (SSSR count). The summed E-state index contributed by atoms with van der Waals surface area (Å²) in [6, 6.07) is 0. The minimum absolute atomic E-state index is 2.30. The van der Waals surface area contributed by atoms with Crippen molar-refractivity contribution < 1.29 is 39.9 Å². The summed E-state index contributed by atoms with van der Waals surface area (Å²) in [6.07, 6.45) is -21.0. The van der Waals surface area contributed by atoms with Crippen molar-refractivity contribution in [3.8, 4) is 0 Å². The van der Waals surface area contributed by atoms with Crippen LogP contribution < -0.4 is 0 Å². The van der Waals surface area contributed by atoms with Gasteiger partial charge in [-0.05, 0) is 0 Å². The summed E-state index contributed by atoms with van der Waals surface area (Å²) >= 11 is 0. The third-order valence-electron chi connectivity index (χ3n) is 0.931. The van der Waals surface area contributed by atoms with E-state index in [0.717, 1.165) is 0 Å². The molecular formula is C5H4F8O. The Labute approximate surface area is 72.6 Å². The van der Waals surface area contributed by atoms with Crippen LogP contribution in [0.25, 0.3) is 0 Å². The van der Waals surface area contributed by atoms with E-state index in [1.165, 1.54) is 0 Å². The van der Waals surface area contributed by atoms with Gasteiger partial charge in [-0.3, -0.25) is 4.74 Å². The van der Waals surface area contributed by atoms with E-state index >= 15 is 0 Å². The Balaban J connectivity index is 4.34. The first-order valence-electron chi connectivity index (χ1n) is 3.09. The molecule has 0 aliphatic carbocycles. The molecule has 0 aromatic carbocycles. The number of halogens is 8. The van der Waals surface area contributed by atoms with Crippen molar-refractivity contribution >= 4 is 0 Å². The van der Waals surface area contributed by atoms with E-state index in [1.54, 1.807) is 0 Å². The van der Waals surface area contributed by atoms with Gasteiger partial charge in [0, 0.05) is 0 Å². The van der Waals surface area contributed by atoms with Gasteiger partial charge in [0.25, 0.3) is 0 Å². The molecule has 9 heteroatoms. The van der Waals surface area contributed by atoms with Gasteiger partial charge in [0.1, 0.15) is 0 Å². The largest absolute Gasteiger partial charge is 0.420 e. The topological polar surface area (TPSA) is 9.23 Å². The molecule has 0 heterocycles. The second-order valence-electron chi connectivity index (χ2n) is 2.20. The minimum atomic E-state index is -5.45. The van der Waals surface area contributed by atoms with Crippen LogP contribution in [0.2, 0.25) is 0 Å². The van der Waals surface area contributed by atoms with E-state index in [2.05, 4.69) is 4.74 Å². The Morgan fingerprint density at radius 2 is 1.36 bits per heavy atom. The van der Waals surface area contributed by atoms with E-state index in [1.807, 2.05) is 0 Å². The summed E-state index contributed by atoms with van der Waals surface area (Å²) < 4.78 is 95.1. The molecule has 0 bridgehead atoms. The number of hydrogen-bond acceptors (Lipinski definition) is 1. The van der Waals surface area contributed by atoms with Crippen molar-refractivity contribution in [2.75, 3.05) is 0 Å². The van der Waals surface area contributed by atoms with Crippen LogP contribution in [-0.2, 0) is 4.74 Å². The second kappa shape index (κ2) is 4.28. The highest BCUT2D eigenvalue weighted by Crippen LogP contribution is 2.34. The van der Waals surface area contributed by atoms with E-state index < -0.39 is 31.5 Å². The van der Waals surface area contributed by atoms with Gasteiger partial charge >= 0.3 is 18.6 Å². The van der Waals surface area contributed by atoms with Crippen molar-refractivity contribution in [3.05, 3.63) is 0 Å². The van der Waals surface area contributed by atoms with E-state index in [0.29, 0.717) is 0 Å². The summed E-state index contributed by atoms with van der Waals surface area (Å²) in [5, 5.41) is 0. The van der Waals surface area contributed by atoms with Crippen LogP contribution in [0.3, 0.4) is 0 Å². The highest BCUT2D eigenvalue weighted by molar-refractivity contribution is 4.62. The highest BCUT2D eigenvalue weighted by Gasteiger charge is 2.51. The van der Waals surface area contributed by atoms with Crippen LogP contribution >= 0.6 is 0 Å². The number of hydrogen-bond donors (Lipinski definition) is 0. The van der Waals surface area contributed by atoms with Crippen LogP contribution in [0.5, 0.6) is 0 Å². The standard InChI is InChI=1S/C5H4F8O/c6-2(7)1-4(10,11)14-5(12,13)3(8)9/h2-3H,1H2. The molecule has 0 atom stereocenters. The fourth-order valence-corrected chi connectivity index (χ4v) is 0.465. The summed E-state index contributed by atoms with van der Waals surface area (Å²) in [5.41, 5.74) is 0. The molecule has 0 aliphatic heterocycles. The average molecular weight is 232 g/mol. The maximum absolute atomic E-state index is 12.0. The van der Waals surface area contributed by atoms with Gasteiger partial charge in [-0.15, -0.1) is 0 Å². The zero-order valence-corrected chi connectivity index (χ0v) is 6.29. The summed E-state index contributed by atoms with van der Waals surface area (Å²) in [4.78, 5) is 0. The van der Waals surface area contributed by atoms with Gasteiger partial charge < -0.3 is 0 Å². The normalized spacial score (nSPS) is 14.1. The third kappa shape index (κ3) is 4.58. The molecule has 0 amide bonds. The Bertz CT molecular complexity index is 179. The SMILES string of the molecule is FC(F)CC(F)(F)OC(F)(F)C(F)F. The molecule has 14 heavy (non-hydrogen) atoms. The Hall–Kier alpha value is -0.600. The minimum Gasteiger partial charge on any atom is -0.250 e. The molecule has 0 unspecified atom stereocenters.